The summed E-state index contributed by atoms with van der Waals surface area (Å²) in [6, 6.07) is 9.92. The topological polar surface area (TPSA) is 53.0 Å². The highest BCUT2D eigenvalue weighted by Gasteiger charge is 2.16. The van der Waals surface area contributed by atoms with Gasteiger partial charge in [0.2, 0.25) is 0 Å². The molecular formula is C17H26N2O3. The Morgan fingerprint density at radius 2 is 1.64 bits per heavy atom. The molecule has 1 aliphatic rings. The summed E-state index contributed by atoms with van der Waals surface area (Å²) in [5.74, 6) is 0.239. The molecule has 1 N–H and O–H groups in total. The summed E-state index contributed by atoms with van der Waals surface area (Å²) in [6.45, 7) is 6.97. The number of ether oxygens (including phenoxy) is 1. The van der Waals surface area contributed by atoms with E-state index in [1.165, 1.54) is 0 Å². The van der Waals surface area contributed by atoms with Gasteiger partial charge in [-0.25, -0.2) is 0 Å². The van der Waals surface area contributed by atoms with E-state index in [2.05, 4.69) is 9.80 Å². The number of carboxylic acids is 1. The summed E-state index contributed by atoms with van der Waals surface area (Å²) >= 11 is 0. The van der Waals surface area contributed by atoms with Crippen molar-refractivity contribution in [1.82, 2.24) is 9.80 Å². The Bertz CT molecular complexity index is 431. The number of hydrogen-bond donors (Lipinski definition) is 1. The first-order valence-electron chi connectivity index (χ1n) is 8.08. The number of hydrogen-bond acceptors (Lipinski definition) is 4. The molecule has 1 fully saturated rings. The van der Waals surface area contributed by atoms with Crippen LogP contribution < -0.4 is 4.74 Å². The molecule has 2 rings (SSSR count). The Hall–Kier alpha value is -1.59. The van der Waals surface area contributed by atoms with E-state index in [4.69, 9.17) is 9.84 Å². The van der Waals surface area contributed by atoms with Crippen molar-refractivity contribution >= 4 is 5.97 Å². The minimum Gasteiger partial charge on any atom is -0.492 e. The first kappa shape index (κ1) is 16.8. The third kappa shape index (κ3) is 6.45. The molecule has 0 aliphatic carbocycles. The second kappa shape index (κ2) is 9.43. The van der Waals surface area contributed by atoms with Gasteiger partial charge in [0.05, 0.1) is 0 Å². The van der Waals surface area contributed by atoms with Crippen molar-refractivity contribution in [1.29, 1.82) is 0 Å². The molecule has 1 aromatic rings. The molecule has 1 aliphatic heterocycles. The van der Waals surface area contributed by atoms with Gasteiger partial charge >= 0.3 is 5.97 Å². The smallest absolute Gasteiger partial charge is 0.303 e. The Morgan fingerprint density at radius 3 is 2.27 bits per heavy atom. The minimum absolute atomic E-state index is 0.288. The van der Waals surface area contributed by atoms with Crippen molar-refractivity contribution in [2.24, 2.45) is 0 Å². The van der Waals surface area contributed by atoms with Crippen LogP contribution in [0, 0.1) is 0 Å². The summed E-state index contributed by atoms with van der Waals surface area (Å²) in [5, 5.41) is 8.62. The second-order valence-corrected chi connectivity index (χ2v) is 5.70. The zero-order chi connectivity index (χ0) is 15.6. The SMILES string of the molecule is O=C(O)CCCCN1CCN(CCOc2ccccc2)CC1. The first-order chi connectivity index (χ1) is 10.7. The number of piperazine rings is 1. The molecule has 5 nitrogen and oxygen atoms in total. The molecule has 0 atom stereocenters. The normalized spacial score (nSPS) is 16.5. The van der Waals surface area contributed by atoms with E-state index in [0.717, 1.165) is 64.5 Å². The number of para-hydroxylation sites is 1. The fourth-order valence-corrected chi connectivity index (χ4v) is 2.66. The summed E-state index contributed by atoms with van der Waals surface area (Å²) < 4.78 is 5.73. The fraction of sp³-hybridized carbons (Fsp3) is 0.588. The number of rotatable bonds is 9. The predicted octanol–water partition coefficient (Wildman–Crippen LogP) is 1.94. The fourth-order valence-electron chi connectivity index (χ4n) is 2.66. The monoisotopic (exact) mass is 306 g/mol. The molecule has 1 aromatic carbocycles. The van der Waals surface area contributed by atoms with E-state index in [1.54, 1.807) is 0 Å². The van der Waals surface area contributed by atoms with Crippen LogP contribution in [0.3, 0.4) is 0 Å². The number of carbonyl (C=O) groups is 1. The van der Waals surface area contributed by atoms with Gasteiger partial charge in [-0.2, -0.15) is 0 Å². The lowest BCUT2D eigenvalue weighted by atomic mass is 10.2. The van der Waals surface area contributed by atoms with Crippen LogP contribution >= 0.6 is 0 Å². The van der Waals surface area contributed by atoms with E-state index in [-0.39, 0.29) is 6.42 Å². The Morgan fingerprint density at radius 1 is 1.00 bits per heavy atom. The summed E-state index contributed by atoms with van der Waals surface area (Å²) in [7, 11) is 0. The predicted molar refractivity (Wildman–Crippen MR) is 86.3 cm³/mol. The van der Waals surface area contributed by atoms with Gasteiger partial charge in [0.1, 0.15) is 12.4 Å². The van der Waals surface area contributed by atoms with E-state index in [0.29, 0.717) is 0 Å². The molecule has 0 amide bonds. The highest BCUT2D eigenvalue weighted by molar-refractivity contribution is 5.66. The molecule has 22 heavy (non-hydrogen) atoms. The number of benzene rings is 1. The maximum Gasteiger partial charge on any atom is 0.303 e. The lowest BCUT2D eigenvalue weighted by Crippen LogP contribution is -2.47. The highest BCUT2D eigenvalue weighted by atomic mass is 16.5. The molecule has 0 saturated carbocycles. The van der Waals surface area contributed by atoms with Crippen LogP contribution in [0.5, 0.6) is 5.75 Å². The Labute approximate surface area is 132 Å². The Balaban J connectivity index is 1.52. The van der Waals surface area contributed by atoms with Gasteiger partial charge < -0.3 is 14.7 Å². The van der Waals surface area contributed by atoms with Gasteiger partial charge in [-0.3, -0.25) is 9.69 Å². The van der Waals surface area contributed by atoms with Crippen molar-refractivity contribution in [2.75, 3.05) is 45.9 Å². The van der Waals surface area contributed by atoms with Crippen molar-refractivity contribution < 1.29 is 14.6 Å². The van der Waals surface area contributed by atoms with Crippen molar-refractivity contribution in [3.05, 3.63) is 30.3 Å². The van der Waals surface area contributed by atoms with Crippen molar-refractivity contribution in [3.63, 3.8) is 0 Å². The number of carboxylic acid groups (broad SMARTS) is 1. The highest BCUT2D eigenvalue weighted by Crippen LogP contribution is 2.09. The summed E-state index contributed by atoms with van der Waals surface area (Å²) in [5.41, 5.74) is 0. The molecule has 1 heterocycles. The van der Waals surface area contributed by atoms with Gasteiger partial charge in [-0.15, -0.1) is 0 Å². The van der Waals surface area contributed by atoms with Gasteiger partial charge in [-0.05, 0) is 31.5 Å². The summed E-state index contributed by atoms with van der Waals surface area (Å²) in [4.78, 5) is 15.3. The lowest BCUT2D eigenvalue weighted by molar-refractivity contribution is -0.137. The average molecular weight is 306 g/mol. The number of aliphatic carboxylic acids is 1. The molecular weight excluding hydrogens is 280 g/mol. The van der Waals surface area contributed by atoms with E-state index < -0.39 is 5.97 Å². The van der Waals surface area contributed by atoms with Crippen LogP contribution in [-0.2, 0) is 4.79 Å². The second-order valence-electron chi connectivity index (χ2n) is 5.70. The molecule has 5 heteroatoms. The number of unbranched alkanes of at least 4 members (excludes halogenated alkanes) is 1. The van der Waals surface area contributed by atoms with Gasteiger partial charge in [0.25, 0.3) is 0 Å². The molecule has 0 bridgehead atoms. The standard InChI is InChI=1S/C17H26N2O3/c20-17(21)8-4-5-9-18-10-12-19(13-11-18)14-15-22-16-6-2-1-3-7-16/h1-3,6-7H,4-5,8-15H2,(H,20,21). The quantitative estimate of drug-likeness (QED) is 0.707. The third-order valence-corrected chi connectivity index (χ3v) is 4.00. The maximum atomic E-state index is 10.5. The van der Waals surface area contributed by atoms with Gasteiger partial charge in [0, 0.05) is 39.1 Å². The van der Waals surface area contributed by atoms with Crippen LogP contribution in [0.1, 0.15) is 19.3 Å². The van der Waals surface area contributed by atoms with E-state index in [9.17, 15) is 4.79 Å². The Kier molecular flexibility index (Phi) is 7.19. The number of nitrogens with zero attached hydrogens (tertiary/aromatic N) is 2. The summed E-state index contributed by atoms with van der Waals surface area (Å²) in [6.07, 6.45) is 2.04. The van der Waals surface area contributed by atoms with Gasteiger partial charge in [0.15, 0.2) is 0 Å². The average Bonchev–Trinajstić information content (AvgIpc) is 2.54. The van der Waals surface area contributed by atoms with Crippen molar-refractivity contribution in [2.45, 2.75) is 19.3 Å². The van der Waals surface area contributed by atoms with Crippen LogP contribution in [0.25, 0.3) is 0 Å². The molecule has 0 radical (unpaired) electrons. The third-order valence-electron chi connectivity index (χ3n) is 4.00. The molecule has 0 spiro atoms. The maximum absolute atomic E-state index is 10.5. The van der Waals surface area contributed by atoms with Crippen LogP contribution in [0.15, 0.2) is 30.3 Å². The molecule has 122 valence electrons. The van der Waals surface area contributed by atoms with Crippen LogP contribution in [0.4, 0.5) is 0 Å². The zero-order valence-corrected chi connectivity index (χ0v) is 13.1. The molecule has 0 unspecified atom stereocenters. The zero-order valence-electron chi connectivity index (χ0n) is 13.1. The van der Waals surface area contributed by atoms with Gasteiger partial charge in [-0.1, -0.05) is 18.2 Å². The van der Waals surface area contributed by atoms with Crippen molar-refractivity contribution in [3.8, 4) is 5.75 Å². The largest absolute Gasteiger partial charge is 0.492 e. The minimum atomic E-state index is -0.691. The molecule has 1 saturated heterocycles. The van der Waals surface area contributed by atoms with Crippen LogP contribution in [-0.4, -0.2) is 66.8 Å². The lowest BCUT2D eigenvalue weighted by Gasteiger charge is -2.34. The first-order valence-corrected chi connectivity index (χ1v) is 8.08. The van der Waals surface area contributed by atoms with Crippen LogP contribution in [0.2, 0.25) is 0 Å². The van der Waals surface area contributed by atoms with E-state index >= 15 is 0 Å². The van der Waals surface area contributed by atoms with E-state index in [1.807, 2.05) is 30.3 Å². The molecule has 0 aromatic heterocycles.